The number of hydrogen-bond acceptors (Lipinski definition) is 10. The third kappa shape index (κ3) is 28.1. The fourth-order valence-electron chi connectivity index (χ4n) is 7.43. The Balaban J connectivity index is 1.59. The maximum Gasteiger partial charge on any atom is 0.472 e. The fraction of sp³-hybridized carbons (Fsp3) is 0.796. The van der Waals surface area contributed by atoms with Crippen LogP contribution in [0, 0.1) is 13.8 Å². The van der Waals surface area contributed by atoms with E-state index in [0.29, 0.717) is 19.4 Å². The predicted octanol–water partition coefficient (Wildman–Crippen LogP) is 12.9. The number of carbonyl (C=O) groups excluding carboxylic acids is 2. The van der Waals surface area contributed by atoms with Gasteiger partial charge in [-0.25, -0.2) is 4.57 Å². The second-order valence-corrected chi connectivity index (χ2v) is 18.9. The fourth-order valence-corrected chi connectivity index (χ4v) is 8.17. The molecule has 0 spiro atoms. The summed E-state index contributed by atoms with van der Waals surface area (Å²) in [6.45, 7) is 8.50. The van der Waals surface area contributed by atoms with E-state index in [1.54, 1.807) is 0 Å². The van der Waals surface area contributed by atoms with E-state index in [1.807, 2.05) is 19.0 Å². The first kappa shape index (κ1) is 54.7. The van der Waals surface area contributed by atoms with Crippen molar-refractivity contribution >= 4 is 19.8 Å². The molecule has 352 valence electrons. The van der Waals surface area contributed by atoms with Crippen molar-refractivity contribution in [1.29, 1.82) is 0 Å². The van der Waals surface area contributed by atoms with Crippen molar-refractivity contribution in [3.8, 4) is 0 Å². The van der Waals surface area contributed by atoms with Gasteiger partial charge in [-0.1, -0.05) is 117 Å². The lowest BCUT2D eigenvalue weighted by molar-refractivity contribution is -0.161. The van der Waals surface area contributed by atoms with Crippen molar-refractivity contribution in [2.75, 3.05) is 40.5 Å². The molecule has 1 N–H and O–H groups in total. The highest BCUT2D eigenvalue weighted by Gasteiger charge is 2.26. The zero-order chi connectivity index (χ0) is 44.6. The minimum Gasteiger partial charge on any atom is -0.466 e. The van der Waals surface area contributed by atoms with E-state index in [4.69, 9.17) is 27.4 Å². The minimum absolute atomic E-state index is 0.00383. The van der Waals surface area contributed by atoms with Crippen molar-refractivity contribution in [3.63, 3.8) is 0 Å². The number of phosphoric ester groups is 1. The summed E-state index contributed by atoms with van der Waals surface area (Å²) in [5, 5.41) is 0. The Kier molecular flexibility index (Phi) is 30.5. The van der Waals surface area contributed by atoms with Crippen molar-refractivity contribution in [3.05, 3.63) is 46.3 Å². The molecule has 61 heavy (non-hydrogen) atoms. The first-order chi connectivity index (χ1) is 29.4. The molecule has 0 aliphatic carbocycles. The molecule has 0 aromatic carbocycles. The second kappa shape index (κ2) is 34.0. The van der Waals surface area contributed by atoms with Crippen LogP contribution < -0.4 is 0 Å². The van der Waals surface area contributed by atoms with Gasteiger partial charge in [-0.05, 0) is 89.7 Å². The number of carbonyl (C=O) groups is 2. The van der Waals surface area contributed by atoms with Gasteiger partial charge in [0, 0.05) is 45.1 Å². The van der Waals surface area contributed by atoms with E-state index in [-0.39, 0.29) is 26.1 Å². The van der Waals surface area contributed by atoms with Gasteiger partial charge in [0.2, 0.25) is 0 Å². The third-order valence-electron chi connectivity index (χ3n) is 11.2. The third-order valence-corrected chi connectivity index (χ3v) is 12.2. The number of ether oxygens (including phenoxy) is 2. The lowest BCUT2D eigenvalue weighted by atomic mass is 10.0. The molecular formula is C49H86NO10P. The van der Waals surface area contributed by atoms with Crippen LogP contribution in [-0.4, -0.2) is 68.3 Å². The number of hydrogen-bond donors (Lipinski definition) is 1. The zero-order valence-corrected chi connectivity index (χ0v) is 40.3. The first-order valence-corrected chi connectivity index (χ1v) is 25.7. The van der Waals surface area contributed by atoms with Gasteiger partial charge < -0.3 is 28.1 Å². The second-order valence-electron chi connectivity index (χ2n) is 17.4. The number of rotatable bonds is 40. The molecule has 2 heterocycles. The van der Waals surface area contributed by atoms with Crippen LogP contribution in [0.25, 0.3) is 0 Å². The smallest absolute Gasteiger partial charge is 0.466 e. The van der Waals surface area contributed by atoms with Crippen LogP contribution >= 0.6 is 7.82 Å². The Morgan fingerprint density at radius 1 is 0.607 bits per heavy atom. The maximum absolute atomic E-state index is 12.8. The van der Waals surface area contributed by atoms with E-state index in [0.717, 1.165) is 94.3 Å². The van der Waals surface area contributed by atoms with Crippen molar-refractivity contribution in [1.82, 2.24) is 4.90 Å². The van der Waals surface area contributed by atoms with Gasteiger partial charge in [0.1, 0.15) is 29.6 Å². The van der Waals surface area contributed by atoms with Crippen LogP contribution in [0.5, 0.6) is 0 Å². The summed E-state index contributed by atoms with van der Waals surface area (Å²) in [7, 11) is -0.742. The van der Waals surface area contributed by atoms with Crippen molar-refractivity contribution in [2.24, 2.45) is 0 Å². The number of aryl methyl sites for hydroxylation is 6. The molecule has 0 amide bonds. The highest BCUT2D eigenvalue weighted by molar-refractivity contribution is 7.47. The molecule has 2 aromatic heterocycles. The van der Waals surface area contributed by atoms with Crippen LogP contribution in [0.2, 0.25) is 0 Å². The monoisotopic (exact) mass is 880 g/mol. The van der Waals surface area contributed by atoms with Crippen LogP contribution in [0.4, 0.5) is 0 Å². The molecule has 0 aliphatic rings. The Hall–Kier alpha value is -2.43. The number of esters is 2. The first-order valence-electron chi connectivity index (χ1n) is 24.2. The molecule has 0 fully saturated rings. The lowest BCUT2D eigenvalue weighted by Gasteiger charge is -2.20. The maximum atomic E-state index is 12.8. The summed E-state index contributed by atoms with van der Waals surface area (Å²) in [5.74, 6) is 3.69. The Labute approximate surface area is 370 Å². The van der Waals surface area contributed by atoms with Crippen LogP contribution in [0.15, 0.2) is 21.0 Å². The summed E-state index contributed by atoms with van der Waals surface area (Å²) in [5.41, 5.74) is 2.55. The van der Waals surface area contributed by atoms with Gasteiger partial charge in [-0.15, -0.1) is 0 Å². The number of phosphoric acid groups is 1. The average molecular weight is 880 g/mol. The molecule has 2 rings (SSSR count). The molecule has 1 unspecified atom stereocenters. The predicted molar refractivity (Wildman–Crippen MR) is 245 cm³/mol. The van der Waals surface area contributed by atoms with Gasteiger partial charge in [-0.2, -0.15) is 0 Å². The Bertz CT molecular complexity index is 1470. The van der Waals surface area contributed by atoms with E-state index in [1.165, 1.54) is 93.9 Å². The van der Waals surface area contributed by atoms with E-state index in [9.17, 15) is 19.0 Å². The summed E-state index contributed by atoms with van der Waals surface area (Å²) in [4.78, 5) is 37.3. The quantitative estimate of drug-likeness (QED) is 0.0389. The van der Waals surface area contributed by atoms with E-state index < -0.39 is 32.5 Å². The number of furan rings is 2. The minimum atomic E-state index is -4.39. The van der Waals surface area contributed by atoms with Gasteiger partial charge in [-0.3, -0.25) is 18.6 Å². The highest BCUT2D eigenvalue weighted by Crippen LogP contribution is 2.43. The van der Waals surface area contributed by atoms with Gasteiger partial charge in [0.15, 0.2) is 6.10 Å². The molecule has 2 atom stereocenters. The van der Waals surface area contributed by atoms with Crippen LogP contribution in [0.1, 0.15) is 202 Å². The largest absolute Gasteiger partial charge is 0.472 e. The number of nitrogens with zero attached hydrogens (tertiary/aromatic N) is 1. The molecular weight excluding hydrogens is 794 g/mol. The highest BCUT2D eigenvalue weighted by atomic mass is 31.2. The van der Waals surface area contributed by atoms with Gasteiger partial charge in [0.25, 0.3) is 0 Å². The lowest BCUT2D eigenvalue weighted by Crippen LogP contribution is -2.29. The summed E-state index contributed by atoms with van der Waals surface area (Å²) in [6, 6.07) is 4.42. The number of likely N-dealkylation sites (N-methyl/N-ethyl adjacent to an activating group) is 1. The normalized spacial score (nSPS) is 13.2. The molecule has 2 aromatic rings. The molecule has 12 heteroatoms. The summed E-state index contributed by atoms with van der Waals surface area (Å²) in [6.07, 6.45) is 27.9. The molecule has 0 radical (unpaired) electrons. The van der Waals surface area contributed by atoms with Crippen molar-refractivity contribution in [2.45, 2.75) is 214 Å². The molecule has 0 bridgehead atoms. The zero-order valence-electron chi connectivity index (χ0n) is 39.4. The van der Waals surface area contributed by atoms with Gasteiger partial charge in [0.05, 0.1) is 13.2 Å². The van der Waals surface area contributed by atoms with E-state index in [2.05, 4.69) is 39.8 Å². The number of unbranched alkanes of at least 4 members (excludes halogenated alkanes) is 18. The molecule has 0 saturated carbocycles. The van der Waals surface area contributed by atoms with Crippen LogP contribution in [-0.2, 0) is 58.4 Å². The molecule has 11 nitrogen and oxygen atoms in total. The Morgan fingerprint density at radius 3 is 1.49 bits per heavy atom. The topological polar surface area (TPSA) is 138 Å². The summed E-state index contributed by atoms with van der Waals surface area (Å²) < 4.78 is 45.9. The molecule has 0 aliphatic heterocycles. The summed E-state index contributed by atoms with van der Waals surface area (Å²) >= 11 is 0. The van der Waals surface area contributed by atoms with Crippen molar-refractivity contribution < 1.29 is 46.4 Å². The average Bonchev–Trinajstić information content (AvgIpc) is 3.76. The van der Waals surface area contributed by atoms with E-state index >= 15 is 0 Å². The SMILES string of the molecule is CCCCCc1cc(C)c(CCCCCCCCCCCCC(=O)O[C@H](COC(=O)CCCCCCCCc2oc(CCCCC)cc2C)COP(=O)(O)OCCN(C)C)o1. The Morgan fingerprint density at radius 2 is 1.03 bits per heavy atom. The van der Waals surface area contributed by atoms with Crippen LogP contribution in [0.3, 0.4) is 0 Å². The molecule has 0 saturated heterocycles. The van der Waals surface area contributed by atoms with Gasteiger partial charge >= 0.3 is 19.8 Å². The standard InChI is InChI=1S/C49H86NO10P/c1-7-9-23-29-43-37-41(3)46(58-43)31-25-19-15-13-11-12-14-16-22-28-34-49(52)60-45(40-57-61(53,54)56-36-35-50(5)6)39-55-48(51)33-27-21-18-17-20-26-32-47-42(4)38-44(59-47)30-24-10-8-2/h37-38,45H,7-36,39-40H2,1-6H3,(H,53,54)/t45-/m1/s1.